The highest BCUT2D eigenvalue weighted by atomic mass is 35.5. The number of hydrogen-bond acceptors (Lipinski definition) is 3. The predicted molar refractivity (Wildman–Crippen MR) is 126 cm³/mol. The van der Waals surface area contributed by atoms with Gasteiger partial charge in [-0.25, -0.2) is 4.68 Å². The van der Waals surface area contributed by atoms with Gasteiger partial charge in [0, 0.05) is 26.2 Å². The van der Waals surface area contributed by atoms with Gasteiger partial charge >= 0.3 is 0 Å². The molecular weight excluding hydrogens is 453 g/mol. The summed E-state index contributed by atoms with van der Waals surface area (Å²) < 4.78 is 8.02. The van der Waals surface area contributed by atoms with E-state index in [0.29, 0.717) is 28.2 Å². The summed E-state index contributed by atoms with van der Waals surface area (Å²) in [5.74, 6) is 0. The van der Waals surface area contributed by atoms with Crippen LogP contribution in [0.15, 0.2) is 72.9 Å². The van der Waals surface area contributed by atoms with Gasteiger partial charge in [-0.3, -0.25) is 0 Å². The Bertz CT molecular complexity index is 1160. The first kappa shape index (κ1) is 21.8. The zero-order valence-electron chi connectivity index (χ0n) is 16.8. The van der Waals surface area contributed by atoms with Crippen LogP contribution >= 0.6 is 34.8 Å². The lowest BCUT2D eigenvalue weighted by molar-refractivity contribution is 0.0254. The van der Waals surface area contributed by atoms with Gasteiger partial charge in [0.15, 0.2) is 0 Å². The quantitative estimate of drug-likeness (QED) is 0.286. The van der Waals surface area contributed by atoms with Crippen molar-refractivity contribution in [1.82, 2.24) is 15.0 Å². The molecule has 4 rings (SSSR count). The maximum absolute atomic E-state index is 6.48. The van der Waals surface area contributed by atoms with Crippen molar-refractivity contribution in [2.75, 3.05) is 0 Å². The van der Waals surface area contributed by atoms with Gasteiger partial charge in [0.2, 0.25) is 0 Å². The Balaban J connectivity index is 1.56. The van der Waals surface area contributed by atoms with Crippen molar-refractivity contribution in [3.05, 3.63) is 105 Å². The molecule has 4 aromatic rings. The summed E-state index contributed by atoms with van der Waals surface area (Å²) >= 11 is 18.6. The molecule has 1 aromatic heterocycles. The van der Waals surface area contributed by atoms with Crippen molar-refractivity contribution < 1.29 is 4.74 Å². The molecule has 4 nitrogen and oxygen atoms in total. The lowest BCUT2D eigenvalue weighted by atomic mass is 10.1. The Morgan fingerprint density at radius 3 is 2.32 bits per heavy atom. The molecule has 0 spiro atoms. The largest absolute Gasteiger partial charge is 0.367 e. The average molecular weight is 473 g/mol. The predicted octanol–water partition coefficient (Wildman–Crippen LogP) is 7.17. The van der Waals surface area contributed by atoms with Crippen LogP contribution in [-0.4, -0.2) is 15.0 Å². The number of aryl methyl sites for hydroxylation is 1. The minimum absolute atomic E-state index is 0.340. The van der Waals surface area contributed by atoms with Gasteiger partial charge < -0.3 is 4.74 Å². The number of halogens is 3. The van der Waals surface area contributed by atoms with Crippen LogP contribution in [0.1, 0.15) is 22.8 Å². The van der Waals surface area contributed by atoms with Crippen LogP contribution < -0.4 is 0 Å². The van der Waals surface area contributed by atoms with Crippen LogP contribution in [0.3, 0.4) is 0 Å². The maximum atomic E-state index is 6.48. The summed E-state index contributed by atoms with van der Waals surface area (Å²) in [4.78, 5) is 0. The molecule has 1 unspecified atom stereocenters. The molecule has 0 aliphatic carbocycles. The van der Waals surface area contributed by atoms with Gasteiger partial charge in [0.05, 0.1) is 19.3 Å². The number of rotatable bonds is 7. The van der Waals surface area contributed by atoms with Crippen molar-refractivity contribution in [3.63, 3.8) is 0 Å². The van der Waals surface area contributed by atoms with Gasteiger partial charge in [-0.05, 0) is 36.8 Å². The molecule has 0 saturated carbocycles. The highest BCUT2D eigenvalue weighted by molar-refractivity contribution is 6.35. The number of aromatic nitrogens is 3. The van der Waals surface area contributed by atoms with E-state index in [0.717, 1.165) is 22.4 Å². The second-order valence-corrected chi connectivity index (χ2v) is 8.56. The molecule has 3 aromatic carbocycles. The molecule has 0 aliphatic rings. The first-order valence-electron chi connectivity index (χ1n) is 9.76. The molecule has 0 fully saturated rings. The van der Waals surface area contributed by atoms with E-state index in [1.807, 2.05) is 48.7 Å². The van der Waals surface area contributed by atoms with Gasteiger partial charge in [-0.1, -0.05) is 88.0 Å². The zero-order chi connectivity index (χ0) is 21.8. The molecule has 158 valence electrons. The highest BCUT2D eigenvalue weighted by Crippen LogP contribution is 2.31. The van der Waals surface area contributed by atoms with Crippen LogP contribution in [-0.2, 0) is 17.9 Å². The Morgan fingerprint density at radius 1 is 0.903 bits per heavy atom. The molecule has 1 heterocycles. The number of ether oxygens (including phenoxy) is 1. The van der Waals surface area contributed by atoms with Gasteiger partial charge in [0.1, 0.15) is 11.8 Å². The third kappa shape index (κ3) is 5.66. The molecule has 0 aliphatic heterocycles. The van der Waals surface area contributed by atoms with Crippen molar-refractivity contribution in [3.8, 4) is 11.3 Å². The fourth-order valence-corrected chi connectivity index (χ4v) is 3.85. The molecule has 0 amide bonds. The number of nitrogens with zero attached hydrogens (tertiary/aromatic N) is 3. The smallest absolute Gasteiger partial charge is 0.113 e. The van der Waals surface area contributed by atoms with Crippen molar-refractivity contribution >= 4 is 34.8 Å². The lowest BCUT2D eigenvalue weighted by Gasteiger charge is -2.20. The summed E-state index contributed by atoms with van der Waals surface area (Å²) in [7, 11) is 0. The Hall–Kier alpha value is -2.37. The minimum Gasteiger partial charge on any atom is -0.367 e. The van der Waals surface area contributed by atoms with Gasteiger partial charge in [-0.15, -0.1) is 5.10 Å². The molecule has 1 atom stereocenters. The fourth-order valence-electron chi connectivity index (χ4n) is 3.20. The zero-order valence-corrected chi connectivity index (χ0v) is 19.1. The second-order valence-electron chi connectivity index (χ2n) is 7.28. The van der Waals surface area contributed by atoms with E-state index < -0.39 is 0 Å². The molecule has 0 N–H and O–H groups in total. The SMILES string of the molecule is Cc1ccc(-c2cn(CC(OCc3ccc(Cl)cc3)c3ccc(Cl)cc3Cl)nn2)cc1. The Kier molecular flexibility index (Phi) is 6.93. The maximum Gasteiger partial charge on any atom is 0.113 e. The van der Waals surface area contributed by atoms with Crippen LogP contribution in [0.25, 0.3) is 11.3 Å². The van der Waals surface area contributed by atoms with Crippen LogP contribution in [0.5, 0.6) is 0 Å². The summed E-state index contributed by atoms with van der Waals surface area (Å²) in [5.41, 5.74) is 4.87. The summed E-state index contributed by atoms with van der Waals surface area (Å²) in [5, 5.41) is 10.4. The van der Waals surface area contributed by atoms with Crippen LogP contribution in [0, 0.1) is 6.92 Å². The standard InChI is InChI=1S/C24H20Cl3N3O/c1-16-2-6-18(7-3-16)23-13-30(29-28-23)14-24(21-11-10-20(26)12-22(21)27)31-15-17-4-8-19(25)9-5-17/h2-13,24H,14-15H2,1H3. The molecule has 0 bridgehead atoms. The summed E-state index contributed by atoms with van der Waals surface area (Å²) in [6, 6.07) is 21.2. The molecule has 0 saturated heterocycles. The van der Waals surface area contributed by atoms with E-state index in [2.05, 4.69) is 29.4 Å². The van der Waals surface area contributed by atoms with Crippen LogP contribution in [0.4, 0.5) is 0 Å². The highest BCUT2D eigenvalue weighted by Gasteiger charge is 2.18. The van der Waals surface area contributed by atoms with Crippen LogP contribution in [0.2, 0.25) is 15.1 Å². The lowest BCUT2D eigenvalue weighted by Crippen LogP contribution is -2.14. The molecular formula is C24H20Cl3N3O. The Labute approximate surface area is 196 Å². The summed E-state index contributed by atoms with van der Waals surface area (Å²) in [6.45, 7) is 2.91. The third-order valence-electron chi connectivity index (χ3n) is 4.91. The monoisotopic (exact) mass is 471 g/mol. The van der Waals surface area contributed by atoms with Gasteiger partial charge in [-0.2, -0.15) is 0 Å². The number of hydrogen-bond donors (Lipinski definition) is 0. The number of benzene rings is 3. The fraction of sp³-hybridized carbons (Fsp3) is 0.167. The topological polar surface area (TPSA) is 39.9 Å². The van der Waals surface area contributed by atoms with E-state index in [4.69, 9.17) is 39.5 Å². The van der Waals surface area contributed by atoms with Crippen molar-refractivity contribution in [2.24, 2.45) is 0 Å². The first-order chi connectivity index (χ1) is 15.0. The van der Waals surface area contributed by atoms with E-state index in [1.54, 1.807) is 16.8 Å². The van der Waals surface area contributed by atoms with Crippen molar-refractivity contribution in [2.45, 2.75) is 26.2 Å². The summed E-state index contributed by atoms with van der Waals surface area (Å²) in [6.07, 6.45) is 1.57. The van der Waals surface area contributed by atoms with Crippen molar-refractivity contribution in [1.29, 1.82) is 0 Å². The second kappa shape index (κ2) is 9.84. The van der Waals surface area contributed by atoms with E-state index in [9.17, 15) is 0 Å². The molecule has 31 heavy (non-hydrogen) atoms. The Morgan fingerprint density at radius 2 is 1.61 bits per heavy atom. The third-order valence-corrected chi connectivity index (χ3v) is 5.73. The minimum atomic E-state index is -0.340. The average Bonchev–Trinajstić information content (AvgIpc) is 3.22. The van der Waals surface area contributed by atoms with E-state index in [1.165, 1.54) is 5.56 Å². The molecule has 7 heteroatoms. The van der Waals surface area contributed by atoms with Gasteiger partial charge in [0.25, 0.3) is 0 Å². The molecule has 0 radical (unpaired) electrons. The first-order valence-corrected chi connectivity index (χ1v) is 10.9. The van der Waals surface area contributed by atoms with E-state index >= 15 is 0 Å². The normalized spacial score (nSPS) is 12.1. The van der Waals surface area contributed by atoms with E-state index in [-0.39, 0.29) is 6.10 Å².